The first-order valence-electron chi connectivity index (χ1n) is 39.6. The average Bonchev–Trinajstić information content (AvgIpc) is 1.58. The van der Waals surface area contributed by atoms with Gasteiger partial charge in [0.15, 0.2) is 12.2 Å². The molecule has 0 aliphatic heterocycles. The number of hydrogen-bond acceptors (Lipinski definition) is 15. The van der Waals surface area contributed by atoms with Crippen molar-refractivity contribution in [3.8, 4) is 0 Å². The molecule has 0 radical (unpaired) electrons. The number of rotatable bonds is 76. The fraction of sp³-hybridized carbons (Fsp3) is 0.947. The number of phosphoric ester groups is 2. The normalized spacial score (nSPS) is 13.9. The van der Waals surface area contributed by atoms with Crippen molar-refractivity contribution in [3.63, 3.8) is 0 Å². The lowest BCUT2D eigenvalue weighted by Crippen LogP contribution is -2.30. The SMILES string of the molecule is CCCCCCCCCCCCCCCCCCCCCC(=O)O[C@H](COC(=O)CCCCCCCCCCCCCCCCC)COP(=O)(O)OC[C@@H](O)COP(=O)(O)OC[C@@H](COC(=O)CCCCCCCCCCC)OC(=O)CCCCCCCCCCCC(C)C. The molecule has 2 unspecified atom stereocenters. The summed E-state index contributed by atoms with van der Waals surface area (Å²) in [7, 11) is -9.91. The van der Waals surface area contributed by atoms with Gasteiger partial charge in [-0.2, -0.15) is 0 Å². The molecule has 0 aliphatic rings. The molecular formula is C76H148O17P2. The Bertz CT molecular complexity index is 1820. The second kappa shape index (κ2) is 69.2. The lowest BCUT2D eigenvalue weighted by molar-refractivity contribution is -0.161. The van der Waals surface area contributed by atoms with E-state index < -0.39 is 97.5 Å². The first-order valence-corrected chi connectivity index (χ1v) is 42.6. The number of aliphatic hydroxyl groups excluding tert-OH is 1. The Morgan fingerprint density at radius 2 is 0.484 bits per heavy atom. The van der Waals surface area contributed by atoms with Gasteiger partial charge in [0, 0.05) is 25.7 Å². The van der Waals surface area contributed by atoms with Gasteiger partial charge >= 0.3 is 39.5 Å². The lowest BCUT2D eigenvalue weighted by Gasteiger charge is -2.21. The Labute approximate surface area is 581 Å². The van der Waals surface area contributed by atoms with Crippen molar-refractivity contribution in [2.45, 2.75) is 419 Å². The molecule has 0 aromatic carbocycles. The highest BCUT2D eigenvalue weighted by Crippen LogP contribution is 2.45. The summed E-state index contributed by atoms with van der Waals surface area (Å²) in [5.74, 6) is -1.38. The summed E-state index contributed by atoms with van der Waals surface area (Å²) >= 11 is 0. The minimum atomic E-state index is -4.96. The fourth-order valence-corrected chi connectivity index (χ4v) is 13.3. The van der Waals surface area contributed by atoms with Crippen LogP contribution in [0, 0.1) is 5.92 Å². The van der Waals surface area contributed by atoms with Gasteiger partial charge in [0.05, 0.1) is 26.4 Å². The molecule has 5 atom stereocenters. The number of carbonyl (C=O) groups excluding carboxylic acids is 4. The standard InChI is InChI=1S/C76H148O17P2/c1-6-9-12-15-18-21-23-25-27-28-29-30-32-34-36-41-46-51-56-61-75(80)92-72(66-87-74(79)60-55-50-45-40-35-33-31-26-24-22-19-16-13-10-7-2)68-91-95(84,85)89-64-70(77)63-88-94(82,83)90-67-71(65-86-73(78)59-54-49-44-38-20-17-14-11-8-3)93-76(81)62-57-52-47-42-37-39-43-48-53-58-69(4)5/h69-72,77H,6-68H2,1-5H3,(H,82,83)(H,84,85)/t70-,71+,72+/m0/s1. The molecule has 0 aromatic heterocycles. The molecular weight excluding hydrogens is 1250 g/mol. The van der Waals surface area contributed by atoms with Gasteiger partial charge in [-0.05, 0) is 31.6 Å². The quantitative estimate of drug-likeness (QED) is 0.0222. The van der Waals surface area contributed by atoms with Gasteiger partial charge in [-0.15, -0.1) is 0 Å². The first kappa shape index (κ1) is 93.1. The molecule has 0 aromatic rings. The maximum Gasteiger partial charge on any atom is 0.472 e. The van der Waals surface area contributed by atoms with E-state index in [1.807, 2.05) is 0 Å². The Morgan fingerprint density at radius 3 is 0.716 bits per heavy atom. The van der Waals surface area contributed by atoms with Crippen LogP contribution in [0.2, 0.25) is 0 Å². The zero-order valence-corrected chi connectivity index (χ0v) is 63.6. The minimum absolute atomic E-state index is 0.106. The summed E-state index contributed by atoms with van der Waals surface area (Å²) < 4.78 is 68.5. The zero-order valence-electron chi connectivity index (χ0n) is 61.8. The van der Waals surface area contributed by atoms with Gasteiger partial charge in [-0.25, -0.2) is 9.13 Å². The molecule has 95 heavy (non-hydrogen) atoms. The van der Waals surface area contributed by atoms with Crippen molar-refractivity contribution in [1.82, 2.24) is 0 Å². The van der Waals surface area contributed by atoms with Gasteiger partial charge in [0.1, 0.15) is 19.3 Å². The molecule has 564 valence electrons. The summed E-state index contributed by atoms with van der Waals surface area (Å²) in [6, 6.07) is 0. The van der Waals surface area contributed by atoms with Crippen LogP contribution in [0.3, 0.4) is 0 Å². The smallest absolute Gasteiger partial charge is 0.462 e. The van der Waals surface area contributed by atoms with Crippen LogP contribution in [0.25, 0.3) is 0 Å². The van der Waals surface area contributed by atoms with Crippen LogP contribution in [-0.4, -0.2) is 96.7 Å². The number of hydrogen-bond donors (Lipinski definition) is 3. The highest BCUT2D eigenvalue weighted by molar-refractivity contribution is 7.47. The van der Waals surface area contributed by atoms with E-state index in [2.05, 4.69) is 34.6 Å². The molecule has 0 heterocycles. The molecule has 19 heteroatoms. The van der Waals surface area contributed by atoms with Crippen molar-refractivity contribution < 1.29 is 80.2 Å². The summed E-state index contributed by atoms with van der Waals surface area (Å²) in [5.41, 5.74) is 0. The van der Waals surface area contributed by atoms with E-state index in [-0.39, 0.29) is 25.7 Å². The molecule has 0 amide bonds. The Morgan fingerprint density at radius 1 is 0.284 bits per heavy atom. The molecule has 0 fully saturated rings. The van der Waals surface area contributed by atoms with Crippen LogP contribution in [0.15, 0.2) is 0 Å². The van der Waals surface area contributed by atoms with E-state index >= 15 is 0 Å². The van der Waals surface area contributed by atoms with Crippen molar-refractivity contribution in [3.05, 3.63) is 0 Å². The second-order valence-electron chi connectivity index (χ2n) is 27.9. The van der Waals surface area contributed by atoms with E-state index in [9.17, 15) is 43.2 Å². The number of carbonyl (C=O) groups is 4. The van der Waals surface area contributed by atoms with Gasteiger partial charge in [0.2, 0.25) is 0 Å². The van der Waals surface area contributed by atoms with Crippen LogP contribution >= 0.6 is 15.6 Å². The number of ether oxygens (including phenoxy) is 4. The highest BCUT2D eigenvalue weighted by Gasteiger charge is 2.30. The van der Waals surface area contributed by atoms with Gasteiger partial charge < -0.3 is 33.8 Å². The maximum absolute atomic E-state index is 13.1. The molecule has 0 aliphatic carbocycles. The minimum Gasteiger partial charge on any atom is -0.462 e. The molecule has 17 nitrogen and oxygen atoms in total. The van der Waals surface area contributed by atoms with E-state index in [0.29, 0.717) is 25.7 Å². The lowest BCUT2D eigenvalue weighted by atomic mass is 10.0. The largest absolute Gasteiger partial charge is 0.472 e. The second-order valence-corrected chi connectivity index (χ2v) is 30.8. The number of phosphoric acid groups is 2. The molecule has 0 saturated carbocycles. The number of esters is 4. The fourth-order valence-electron chi connectivity index (χ4n) is 11.7. The van der Waals surface area contributed by atoms with Gasteiger partial charge in [-0.3, -0.25) is 37.3 Å². The van der Waals surface area contributed by atoms with Crippen molar-refractivity contribution in [2.24, 2.45) is 5.92 Å². The highest BCUT2D eigenvalue weighted by atomic mass is 31.2. The first-order chi connectivity index (χ1) is 46.0. The molecule has 3 N–H and O–H groups in total. The summed E-state index contributed by atoms with van der Waals surface area (Å²) in [4.78, 5) is 72.8. The van der Waals surface area contributed by atoms with E-state index in [1.54, 1.807) is 0 Å². The third-order valence-electron chi connectivity index (χ3n) is 17.8. The van der Waals surface area contributed by atoms with Crippen LogP contribution in [-0.2, 0) is 65.4 Å². The van der Waals surface area contributed by atoms with Crippen molar-refractivity contribution >= 4 is 39.5 Å². The predicted octanol–water partition coefficient (Wildman–Crippen LogP) is 22.5. The number of aliphatic hydroxyl groups is 1. The van der Waals surface area contributed by atoms with Crippen molar-refractivity contribution in [2.75, 3.05) is 39.6 Å². The Hall–Kier alpha value is -1.94. The summed E-state index contributed by atoms with van der Waals surface area (Å²) in [6.07, 6.45) is 58.3. The molecule has 0 rings (SSSR count). The Balaban J connectivity index is 5.21. The topological polar surface area (TPSA) is 237 Å². The molecule has 0 spiro atoms. The summed E-state index contributed by atoms with van der Waals surface area (Å²) in [6.45, 7) is 7.26. The van der Waals surface area contributed by atoms with Gasteiger partial charge in [-0.1, -0.05) is 349 Å². The van der Waals surface area contributed by atoms with Gasteiger partial charge in [0.25, 0.3) is 0 Å². The van der Waals surface area contributed by atoms with E-state index in [1.165, 1.54) is 225 Å². The van der Waals surface area contributed by atoms with E-state index in [4.69, 9.17) is 37.0 Å². The summed E-state index contributed by atoms with van der Waals surface area (Å²) in [5, 5.41) is 10.6. The third-order valence-corrected chi connectivity index (χ3v) is 19.7. The monoisotopic (exact) mass is 1400 g/mol. The average molecular weight is 1400 g/mol. The van der Waals surface area contributed by atoms with E-state index in [0.717, 1.165) is 95.8 Å². The predicted molar refractivity (Wildman–Crippen MR) is 386 cm³/mol. The third kappa shape index (κ3) is 70.3. The molecule has 0 bridgehead atoms. The van der Waals surface area contributed by atoms with Crippen molar-refractivity contribution in [1.29, 1.82) is 0 Å². The number of unbranched alkanes of at least 4 members (excludes halogenated alkanes) is 48. The maximum atomic E-state index is 13.1. The van der Waals surface area contributed by atoms with Crippen LogP contribution in [0.1, 0.15) is 401 Å². The Kier molecular flexibility index (Phi) is 67.7. The molecule has 0 saturated heterocycles. The van der Waals surface area contributed by atoms with Crippen LogP contribution in [0.4, 0.5) is 0 Å². The van der Waals surface area contributed by atoms with Crippen LogP contribution in [0.5, 0.6) is 0 Å². The zero-order chi connectivity index (χ0) is 69.8. The van der Waals surface area contributed by atoms with Crippen LogP contribution < -0.4 is 0 Å².